The molecule has 20 heavy (non-hydrogen) atoms. The molecule has 0 amide bonds. The van der Waals surface area contributed by atoms with Crippen molar-refractivity contribution >= 4 is 28.6 Å². The van der Waals surface area contributed by atoms with Gasteiger partial charge in [0.1, 0.15) is 4.99 Å². The molecule has 3 N–H and O–H groups in total. The van der Waals surface area contributed by atoms with Crippen molar-refractivity contribution in [2.24, 2.45) is 5.73 Å². The Morgan fingerprint density at radius 1 is 1.00 bits per heavy atom. The molecule has 0 aliphatic rings. The van der Waals surface area contributed by atoms with E-state index in [1.807, 2.05) is 0 Å². The summed E-state index contributed by atoms with van der Waals surface area (Å²) >= 11 is 4.92. The fraction of sp³-hybridized carbons (Fsp3) is 0.0714. The summed E-state index contributed by atoms with van der Waals surface area (Å²) in [5.41, 5.74) is 6.73. The SMILES string of the molecule is NC(=S)c1ccccc1Nc1ccc(C(F)(F)F)cc1. The highest BCUT2D eigenvalue weighted by molar-refractivity contribution is 7.80. The molecular formula is C14H11F3N2S. The van der Waals surface area contributed by atoms with Crippen molar-refractivity contribution in [2.45, 2.75) is 6.18 Å². The van der Waals surface area contributed by atoms with Crippen LogP contribution in [-0.2, 0) is 6.18 Å². The van der Waals surface area contributed by atoms with Gasteiger partial charge >= 0.3 is 6.18 Å². The van der Waals surface area contributed by atoms with Gasteiger partial charge in [-0.3, -0.25) is 0 Å². The van der Waals surface area contributed by atoms with E-state index in [9.17, 15) is 13.2 Å². The third kappa shape index (κ3) is 3.27. The van der Waals surface area contributed by atoms with E-state index in [2.05, 4.69) is 5.32 Å². The number of nitrogens with one attached hydrogen (secondary N) is 1. The van der Waals surface area contributed by atoms with Crippen LogP contribution in [0.2, 0.25) is 0 Å². The second-order valence-electron chi connectivity index (χ2n) is 4.11. The Labute approximate surface area is 119 Å². The van der Waals surface area contributed by atoms with Crippen LogP contribution in [0.5, 0.6) is 0 Å². The Hall–Kier alpha value is -2.08. The second-order valence-corrected chi connectivity index (χ2v) is 4.55. The molecule has 0 spiro atoms. The van der Waals surface area contributed by atoms with Crippen LogP contribution in [0.25, 0.3) is 0 Å². The Kier molecular flexibility index (Phi) is 3.94. The van der Waals surface area contributed by atoms with Gasteiger partial charge in [-0.25, -0.2) is 0 Å². The first-order valence-corrected chi connectivity index (χ1v) is 6.12. The Morgan fingerprint density at radius 2 is 1.60 bits per heavy atom. The highest BCUT2D eigenvalue weighted by Gasteiger charge is 2.29. The standard InChI is InChI=1S/C14H11F3N2S/c15-14(16,17)9-5-7-10(8-6-9)19-12-4-2-1-3-11(12)13(18)20/h1-8,19H,(H2,18,20). The molecule has 2 rings (SSSR count). The average Bonchev–Trinajstić information content (AvgIpc) is 2.38. The topological polar surface area (TPSA) is 38.0 Å². The number of alkyl halides is 3. The molecule has 2 aromatic carbocycles. The van der Waals surface area contributed by atoms with Gasteiger partial charge in [0.15, 0.2) is 0 Å². The van der Waals surface area contributed by atoms with E-state index in [1.165, 1.54) is 12.1 Å². The minimum atomic E-state index is -4.34. The molecule has 0 aliphatic heterocycles. The highest BCUT2D eigenvalue weighted by atomic mass is 32.1. The van der Waals surface area contributed by atoms with Crippen LogP contribution in [0.4, 0.5) is 24.5 Å². The van der Waals surface area contributed by atoms with Crippen molar-refractivity contribution in [3.8, 4) is 0 Å². The smallest absolute Gasteiger partial charge is 0.389 e. The van der Waals surface area contributed by atoms with Crippen molar-refractivity contribution in [1.82, 2.24) is 0 Å². The van der Waals surface area contributed by atoms with Gasteiger partial charge in [0.25, 0.3) is 0 Å². The van der Waals surface area contributed by atoms with Crippen molar-refractivity contribution < 1.29 is 13.2 Å². The lowest BCUT2D eigenvalue weighted by Gasteiger charge is -2.12. The number of hydrogen-bond acceptors (Lipinski definition) is 2. The van der Waals surface area contributed by atoms with Gasteiger partial charge in [0, 0.05) is 16.9 Å². The van der Waals surface area contributed by atoms with Crippen LogP contribution in [0.3, 0.4) is 0 Å². The maximum absolute atomic E-state index is 12.5. The van der Waals surface area contributed by atoms with E-state index in [4.69, 9.17) is 18.0 Å². The first kappa shape index (κ1) is 14.3. The summed E-state index contributed by atoms with van der Waals surface area (Å²) in [6.45, 7) is 0. The van der Waals surface area contributed by atoms with Gasteiger partial charge in [-0.15, -0.1) is 0 Å². The monoisotopic (exact) mass is 296 g/mol. The Morgan fingerprint density at radius 3 is 2.15 bits per heavy atom. The van der Waals surface area contributed by atoms with E-state index >= 15 is 0 Å². The molecule has 0 fully saturated rings. The molecule has 0 radical (unpaired) electrons. The number of anilines is 2. The van der Waals surface area contributed by atoms with Crippen LogP contribution in [0.1, 0.15) is 11.1 Å². The normalized spacial score (nSPS) is 11.2. The predicted octanol–water partition coefficient (Wildman–Crippen LogP) is 4.08. The fourth-order valence-electron chi connectivity index (χ4n) is 1.71. The molecule has 104 valence electrons. The predicted molar refractivity (Wildman–Crippen MR) is 77.1 cm³/mol. The van der Waals surface area contributed by atoms with Crippen LogP contribution >= 0.6 is 12.2 Å². The number of thiocarbonyl (C=S) groups is 1. The maximum atomic E-state index is 12.5. The molecule has 0 heterocycles. The molecular weight excluding hydrogens is 285 g/mol. The zero-order valence-electron chi connectivity index (χ0n) is 10.2. The summed E-state index contributed by atoms with van der Waals surface area (Å²) < 4.78 is 37.4. The number of hydrogen-bond donors (Lipinski definition) is 2. The van der Waals surface area contributed by atoms with Crippen molar-refractivity contribution in [3.63, 3.8) is 0 Å². The highest BCUT2D eigenvalue weighted by Crippen LogP contribution is 2.30. The Balaban J connectivity index is 2.25. The van der Waals surface area contributed by atoms with Gasteiger partial charge in [0.05, 0.1) is 5.56 Å². The largest absolute Gasteiger partial charge is 0.416 e. The summed E-state index contributed by atoms with van der Waals surface area (Å²) in [6, 6.07) is 11.8. The number of para-hydroxylation sites is 1. The van der Waals surface area contributed by atoms with Crippen LogP contribution < -0.4 is 11.1 Å². The zero-order valence-corrected chi connectivity index (χ0v) is 11.1. The summed E-state index contributed by atoms with van der Waals surface area (Å²) in [5.74, 6) is 0. The summed E-state index contributed by atoms with van der Waals surface area (Å²) in [7, 11) is 0. The molecule has 0 aromatic heterocycles. The van der Waals surface area contributed by atoms with Crippen molar-refractivity contribution in [2.75, 3.05) is 5.32 Å². The zero-order chi connectivity index (χ0) is 14.8. The molecule has 0 unspecified atom stereocenters. The molecule has 0 aliphatic carbocycles. The number of benzene rings is 2. The van der Waals surface area contributed by atoms with Crippen molar-refractivity contribution in [3.05, 3.63) is 59.7 Å². The van der Waals surface area contributed by atoms with E-state index in [1.54, 1.807) is 24.3 Å². The van der Waals surface area contributed by atoms with Crippen LogP contribution in [0, 0.1) is 0 Å². The van der Waals surface area contributed by atoms with Crippen LogP contribution in [-0.4, -0.2) is 4.99 Å². The van der Waals surface area contributed by atoms with Gasteiger partial charge in [-0.1, -0.05) is 24.4 Å². The van der Waals surface area contributed by atoms with Gasteiger partial charge in [-0.2, -0.15) is 13.2 Å². The number of rotatable bonds is 3. The second kappa shape index (κ2) is 5.50. The molecule has 0 saturated carbocycles. The Bertz CT molecular complexity index is 621. The minimum Gasteiger partial charge on any atom is -0.389 e. The first-order chi connectivity index (χ1) is 9.38. The molecule has 0 atom stereocenters. The molecule has 0 bridgehead atoms. The quantitative estimate of drug-likeness (QED) is 0.838. The van der Waals surface area contributed by atoms with Gasteiger partial charge < -0.3 is 11.1 Å². The van der Waals surface area contributed by atoms with Crippen LogP contribution in [0.15, 0.2) is 48.5 Å². The van der Waals surface area contributed by atoms with E-state index < -0.39 is 11.7 Å². The van der Waals surface area contributed by atoms with Gasteiger partial charge in [0.2, 0.25) is 0 Å². The summed E-state index contributed by atoms with van der Waals surface area (Å²) in [5, 5.41) is 3.00. The van der Waals surface area contributed by atoms with E-state index in [-0.39, 0.29) is 4.99 Å². The molecule has 2 nitrogen and oxygen atoms in total. The number of nitrogens with two attached hydrogens (primary N) is 1. The fourth-order valence-corrected chi connectivity index (χ4v) is 1.88. The average molecular weight is 296 g/mol. The number of halogens is 3. The lowest BCUT2D eigenvalue weighted by molar-refractivity contribution is -0.137. The minimum absolute atomic E-state index is 0.222. The lowest BCUT2D eigenvalue weighted by atomic mass is 10.1. The first-order valence-electron chi connectivity index (χ1n) is 5.71. The lowest BCUT2D eigenvalue weighted by Crippen LogP contribution is -2.11. The van der Waals surface area contributed by atoms with Crippen molar-refractivity contribution in [1.29, 1.82) is 0 Å². The summed E-state index contributed by atoms with van der Waals surface area (Å²) in [6.07, 6.45) is -4.34. The third-order valence-corrected chi connectivity index (χ3v) is 2.90. The molecule has 6 heteroatoms. The maximum Gasteiger partial charge on any atom is 0.416 e. The van der Waals surface area contributed by atoms with E-state index in [0.29, 0.717) is 16.9 Å². The molecule has 2 aromatic rings. The summed E-state index contributed by atoms with van der Waals surface area (Å²) in [4.78, 5) is 0.222. The van der Waals surface area contributed by atoms with E-state index in [0.717, 1.165) is 12.1 Å². The molecule has 0 saturated heterocycles. The van der Waals surface area contributed by atoms with Gasteiger partial charge in [-0.05, 0) is 36.4 Å². The third-order valence-electron chi connectivity index (χ3n) is 2.68.